The zero-order valence-corrected chi connectivity index (χ0v) is 21.0. The fourth-order valence-electron chi connectivity index (χ4n) is 3.59. The number of phenolic OH excluding ortho intramolecular Hbond substituents is 1. The Morgan fingerprint density at radius 2 is 1.66 bits per heavy atom. The maximum atomic E-state index is 14.7. The van der Waals surface area contributed by atoms with Gasteiger partial charge in [0.25, 0.3) is 5.91 Å². The Balaban J connectivity index is 0.000000494. The molecule has 0 aliphatic carbocycles. The number of ketones is 1. The average Bonchev–Trinajstić information content (AvgIpc) is 3.23. The molecule has 7 nitrogen and oxygen atoms in total. The molecule has 3 aromatic carbocycles. The number of hydrogen-bond acceptors (Lipinski definition) is 4. The van der Waals surface area contributed by atoms with Crippen LogP contribution in [0.3, 0.4) is 0 Å². The van der Waals surface area contributed by atoms with Gasteiger partial charge in [-0.1, -0.05) is 29.8 Å². The van der Waals surface area contributed by atoms with E-state index in [4.69, 9.17) is 17.3 Å². The van der Waals surface area contributed by atoms with Gasteiger partial charge in [0.1, 0.15) is 17.4 Å². The van der Waals surface area contributed by atoms with Crippen LogP contribution in [0.25, 0.3) is 11.1 Å². The molecule has 0 spiro atoms. The number of nitrogens with one attached hydrogen (secondary N) is 1. The number of hydrogen-bond donors (Lipinski definition) is 3. The van der Waals surface area contributed by atoms with Gasteiger partial charge in [-0.15, -0.1) is 0 Å². The van der Waals surface area contributed by atoms with Crippen LogP contribution in [-0.2, 0) is 11.8 Å². The summed E-state index contributed by atoms with van der Waals surface area (Å²) >= 11 is 5.54. The first-order valence-corrected chi connectivity index (χ1v) is 11.7. The summed E-state index contributed by atoms with van der Waals surface area (Å²) in [5, 5.41) is 12.7. The summed E-state index contributed by atoms with van der Waals surface area (Å²) in [5.41, 5.74) is 4.78. The lowest BCUT2D eigenvalue weighted by Crippen LogP contribution is -2.28. The van der Waals surface area contributed by atoms with Gasteiger partial charge >= 0.3 is 0 Å². The molecule has 0 saturated carbocycles. The van der Waals surface area contributed by atoms with Gasteiger partial charge in [-0.25, -0.2) is 8.78 Å². The summed E-state index contributed by atoms with van der Waals surface area (Å²) in [6, 6.07) is 17.6. The number of phenols is 1. The molecule has 0 saturated heterocycles. The summed E-state index contributed by atoms with van der Waals surface area (Å²) < 4.78 is 29.9. The number of primary amides is 1. The van der Waals surface area contributed by atoms with Crippen molar-refractivity contribution in [3.63, 3.8) is 0 Å². The molecule has 1 heterocycles. The summed E-state index contributed by atoms with van der Waals surface area (Å²) in [5.74, 6) is -3.47. The zero-order chi connectivity index (χ0) is 27.8. The molecule has 2 amide bonds. The second-order valence-electron chi connectivity index (χ2n) is 8.15. The molecule has 0 unspecified atom stereocenters. The normalized spacial score (nSPS) is 10.3. The van der Waals surface area contributed by atoms with Crippen LogP contribution in [0.1, 0.15) is 32.8 Å². The number of halogens is 3. The van der Waals surface area contributed by atoms with Gasteiger partial charge < -0.3 is 20.7 Å². The Kier molecular flexibility index (Phi) is 9.34. The van der Waals surface area contributed by atoms with Gasteiger partial charge in [0.05, 0.1) is 11.3 Å². The molecule has 4 aromatic rings. The van der Waals surface area contributed by atoms with E-state index in [1.54, 1.807) is 0 Å². The molecule has 0 radical (unpaired) electrons. The third kappa shape index (κ3) is 7.04. The van der Waals surface area contributed by atoms with Crippen molar-refractivity contribution in [2.45, 2.75) is 6.42 Å². The van der Waals surface area contributed by atoms with E-state index >= 15 is 0 Å². The molecule has 38 heavy (non-hydrogen) atoms. The van der Waals surface area contributed by atoms with Gasteiger partial charge in [-0.2, -0.15) is 0 Å². The minimum absolute atomic E-state index is 0.0461. The van der Waals surface area contributed by atoms with E-state index < -0.39 is 29.2 Å². The minimum atomic E-state index is -0.821. The Hall–Kier alpha value is -4.50. The molecule has 0 fully saturated rings. The number of aryl methyl sites for hydroxylation is 1. The molecule has 4 N–H and O–H groups in total. The van der Waals surface area contributed by atoms with Crippen LogP contribution in [0.2, 0.25) is 5.02 Å². The molecule has 0 atom stereocenters. The fraction of sp³-hybridized carbons (Fsp3) is 0.107. The highest BCUT2D eigenvalue weighted by Gasteiger charge is 2.28. The second-order valence-corrected chi connectivity index (χ2v) is 8.58. The van der Waals surface area contributed by atoms with Crippen molar-refractivity contribution < 1.29 is 28.3 Å². The first-order chi connectivity index (χ1) is 18.1. The van der Waals surface area contributed by atoms with E-state index in [0.29, 0.717) is 0 Å². The highest BCUT2D eigenvalue weighted by atomic mass is 35.5. The van der Waals surface area contributed by atoms with Gasteiger partial charge in [0.15, 0.2) is 0 Å². The molecule has 1 aromatic heterocycles. The number of nitrogens with zero attached hydrogens (tertiary/aromatic N) is 1. The number of aromatic hydroxyl groups is 1. The molecule has 0 aliphatic heterocycles. The van der Waals surface area contributed by atoms with Crippen LogP contribution >= 0.6 is 11.6 Å². The predicted molar refractivity (Wildman–Crippen MR) is 140 cm³/mol. The van der Waals surface area contributed by atoms with Crippen molar-refractivity contribution in [2.24, 2.45) is 12.8 Å². The van der Waals surface area contributed by atoms with Crippen molar-refractivity contribution in [2.75, 3.05) is 6.54 Å². The highest BCUT2D eigenvalue weighted by Crippen LogP contribution is 2.33. The maximum absolute atomic E-state index is 14.7. The molecular formula is C28H24ClF2N3O4. The van der Waals surface area contributed by atoms with Crippen LogP contribution in [0.4, 0.5) is 8.78 Å². The third-order valence-corrected chi connectivity index (χ3v) is 5.61. The van der Waals surface area contributed by atoms with E-state index in [1.807, 2.05) is 30.3 Å². The number of aromatic nitrogens is 1. The van der Waals surface area contributed by atoms with E-state index in [-0.39, 0.29) is 46.7 Å². The van der Waals surface area contributed by atoms with Crippen molar-refractivity contribution in [3.05, 3.63) is 112 Å². The monoisotopic (exact) mass is 539 g/mol. The largest absolute Gasteiger partial charge is 0.508 e. The molecule has 4 rings (SSSR count). The first-order valence-electron chi connectivity index (χ1n) is 11.3. The summed E-state index contributed by atoms with van der Waals surface area (Å²) in [7, 11) is 1.49. The Labute approximate surface area is 222 Å². The topological polar surface area (TPSA) is 114 Å². The van der Waals surface area contributed by atoms with Crippen LogP contribution in [0, 0.1) is 11.6 Å². The standard InChI is InChI=1S/C22H19F2N3O4.C6H5Cl/c1-27-11-16(22(31)26-9-8-18(25)29)19(15-10-13(23)4-7-17(15)24)20(27)21(30)12-2-5-14(28)6-3-12;7-6-4-2-1-3-5-6/h2-7,10-11,28H,8-9H2,1H3,(H2,25,29)(H,26,31);1-5H. The second kappa shape index (κ2) is 12.6. The first kappa shape index (κ1) is 28.1. The maximum Gasteiger partial charge on any atom is 0.253 e. The Morgan fingerprint density at radius 1 is 1.00 bits per heavy atom. The van der Waals surface area contributed by atoms with Crippen LogP contribution in [0.15, 0.2) is 79.0 Å². The smallest absolute Gasteiger partial charge is 0.253 e. The fourth-order valence-corrected chi connectivity index (χ4v) is 3.74. The number of benzene rings is 3. The Morgan fingerprint density at radius 3 is 2.24 bits per heavy atom. The SMILES string of the molecule is Clc1ccccc1.Cn1cc(C(=O)NCCC(N)=O)c(-c2cc(F)ccc2F)c1C(=O)c1ccc(O)cc1. The van der Waals surface area contributed by atoms with Gasteiger partial charge in [0.2, 0.25) is 11.7 Å². The lowest BCUT2D eigenvalue weighted by molar-refractivity contribution is -0.117. The van der Waals surface area contributed by atoms with Crippen molar-refractivity contribution in [1.82, 2.24) is 9.88 Å². The summed E-state index contributed by atoms with van der Waals surface area (Å²) in [6.07, 6.45) is 1.22. The zero-order valence-electron chi connectivity index (χ0n) is 20.3. The van der Waals surface area contributed by atoms with E-state index in [2.05, 4.69) is 5.32 Å². The van der Waals surface area contributed by atoms with Gasteiger partial charge in [-0.3, -0.25) is 14.4 Å². The van der Waals surface area contributed by atoms with Crippen molar-refractivity contribution >= 4 is 29.2 Å². The third-order valence-electron chi connectivity index (χ3n) is 5.36. The van der Waals surface area contributed by atoms with Gasteiger partial charge in [-0.05, 0) is 54.6 Å². The van der Waals surface area contributed by atoms with Crippen LogP contribution < -0.4 is 11.1 Å². The number of amides is 2. The quantitative estimate of drug-likeness (QED) is 0.291. The molecule has 0 aliphatic rings. The summed E-state index contributed by atoms with van der Waals surface area (Å²) in [6.45, 7) is -0.0601. The van der Waals surface area contributed by atoms with E-state index in [9.17, 15) is 28.3 Å². The van der Waals surface area contributed by atoms with Gasteiger partial charge in [0, 0.05) is 47.9 Å². The number of nitrogens with two attached hydrogens (primary N) is 1. The average molecular weight is 540 g/mol. The summed E-state index contributed by atoms with van der Waals surface area (Å²) in [4.78, 5) is 36.9. The molecule has 0 bridgehead atoms. The number of carbonyl (C=O) groups is 3. The highest BCUT2D eigenvalue weighted by molar-refractivity contribution is 6.30. The predicted octanol–water partition coefficient (Wildman–Crippen LogP) is 4.85. The molecule has 196 valence electrons. The van der Waals surface area contributed by atoms with E-state index in [1.165, 1.54) is 42.1 Å². The van der Waals surface area contributed by atoms with Crippen LogP contribution in [0.5, 0.6) is 5.75 Å². The lowest BCUT2D eigenvalue weighted by Gasteiger charge is -2.11. The van der Waals surface area contributed by atoms with Crippen LogP contribution in [-0.4, -0.2) is 33.8 Å². The number of rotatable bonds is 7. The minimum Gasteiger partial charge on any atom is -0.508 e. The van der Waals surface area contributed by atoms with E-state index in [0.717, 1.165) is 23.2 Å². The Bertz CT molecular complexity index is 1460. The molecular weight excluding hydrogens is 516 g/mol. The number of carbonyl (C=O) groups excluding carboxylic acids is 3. The van der Waals surface area contributed by atoms with Crippen molar-refractivity contribution in [3.8, 4) is 16.9 Å². The lowest BCUT2D eigenvalue weighted by atomic mass is 9.96. The van der Waals surface area contributed by atoms with Crippen molar-refractivity contribution in [1.29, 1.82) is 0 Å². The molecule has 10 heteroatoms.